The first-order valence-electron chi connectivity index (χ1n) is 6.38. The van der Waals surface area contributed by atoms with E-state index in [1.807, 2.05) is 13.0 Å². The van der Waals surface area contributed by atoms with E-state index in [-0.39, 0.29) is 0 Å². The van der Waals surface area contributed by atoms with E-state index in [2.05, 4.69) is 24.0 Å². The minimum absolute atomic E-state index is 0.297. The molecule has 0 amide bonds. The van der Waals surface area contributed by atoms with Gasteiger partial charge in [-0.25, -0.2) is 0 Å². The van der Waals surface area contributed by atoms with Gasteiger partial charge in [0, 0.05) is 40.9 Å². The Kier molecular flexibility index (Phi) is 2.70. The normalized spacial score (nSPS) is 22.9. The van der Waals surface area contributed by atoms with Crippen molar-refractivity contribution in [2.45, 2.75) is 26.7 Å². The van der Waals surface area contributed by atoms with Crippen LogP contribution in [-0.4, -0.2) is 12.3 Å². The zero-order valence-corrected chi connectivity index (χ0v) is 11.4. The van der Waals surface area contributed by atoms with E-state index < -0.39 is 0 Å². The van der Waals surface area contributed by atoms with Crippen molar-refractivity contribution in [2.24, 2.45) is 5.92 Å². The van der Waals surface area contributed by atoms with Crippen LogP contribution in [0.1, 0.15) is 25.8 Å². The van der Waals surface area contributed by atoms with E-state index >= 15 is 0 Å². The molecular formula is C15H16ClNO. The Hall–Kier alpha value is -1.28. The fourth-order valence-corrected chi connectivity index (χ4v) is 3.35. The molecule has 0 fully saturated rings. The van der Waals surface area contributed by atoms with Crippen LogP contribution < -0.4 is 4.90 Å². The zero-order chi connectivity index (χ0) is 12.9. The summed E-state index contributed by atoms with van der Waals surface area (Å²) in [5.74, 6) is 0.686. The number of hydrogen-bond donors (Lipinski definition) is 0. The Morgan fingerprint density at radius 3 is 2.94 bits per heavy atom. The second-order valence-electron chi connectivity index (χ2n) is 5.21. The SMILES string of the molecule is CC1=C2[C@H](C)Cc3cc(Cl)ccc3N2CCC1=O. The van der Waals surface area contributed by atoms with Crippen LogP contribution in [0.4, 0.5) is 5.69 Å². The van der Waals surface area contributed by atoms with Crippen molar-refractivity contribution >= 4 is 23.1 Å². The second-order valence-corrected chi connectivity index (χ2v) is 5.65. The van der Waals surface area contributed by atoms with Crippen LogP contribution in [-0.2, 0) is 11.2 Å². The lowest BCUT2D eigenvalue weighted by Crippen LogP contribution is -2.39. The monoisotopic (exact) mass is 261 g/mol. The first-order chi connectivity index (χ1) is 8.58. The second kappa shape index (κ2) is 4.13. The van der Waals surface area contributed by atoms with Gasteiger partial charge < -0.3 is 4.90 Å². The van der Waals surface area contributed by atoms with Crippen LogP contribution in [0.2, 0.25) is 5.02 Å². The van der Waals surface area contributed by atoms with Gasteiger partial charge in [-0.05, 0) is 37.1 Å². The lowest BCUT2D eigenvalue weighted by Gasteiger charge is -2.41. The van der Waals surface area contributed by atoms with Crippen LogP contribution in [0.25, 0.3) is 0 Å². The van der Waals surface area contributed by atoms with Crippen LogP contribution in [0.3, 0.4) is 0 Å². The molecule has 0 aliphatic carbocycles. The van der Waals surface area contributed by atoms with Gasteiger partial charge in [0.05, 0.1) is 0 Å². The molecule has 94 valence electrons. The summed E-state index contributed by atoms with van der Waals surface area (Å²) in [6, 6.07) is 6.06. The van der Waals surface area contributed by atoms with Gasteiger partial charge >= 0.3 is 0 Å². The standard InChI is InChI=1S/C15H16ClNO/c1-9-7-11-8-12(16)3-4-13(11)17-6-5-14(18)10(2)15(9)17/h3-4,8-9H,5-7H2,1-2H3/t9-/m1/s1. The predicted octanol–water partition coefficient (Wildman–Crippen LogP) is 3.59. The maximum atomic E-state index is 11.9. The maximum absolute atomic E-state index is 11.9. The quantitative estimate of drug-likeness (QED) is 0.711. The average Bonchev–Trinajstić information content (AvgIpc) is 2.32. The highest BCUT2D eigenvalue weighted by molar-refractivity contribution is 6.30. The van der Waals surface area contributed by atoms with E-state index in [0.717, 1.165) is 23.6 Å². The largest absolute Gasteiger partial charge is 0.344 e. The summed E-state index contributed by atoms with van der Waals surface area (Å²) >= 11 is 6.07. The fourth-order valence-electron chi connectivity index (χ4n) is 3.16. The highest BCUT2D eigenvalue weighted by atomic mass is 35.5. The molecule has 3 rings (SSSR count). The van der Waals surface area contributed by atoms with Crippen molar-refractivity contribution in [3.63, 3.8) is 0 Å². The Morgan fingerprint density at radius 1 is 1.39 bits per heavy atom. The number of allylic oxidation sites excluding steroid dienone is 2. The molecule has 3 heteroatoms. The fraction of sp³-hybridized carbons (Fsp3) is 0.400. The molecule has 2 aliphatic rings. The molecule has 2 aliphatic heterocycles. The average molecular weight is 262 g/mol. The first-order valence-corrected chi connectivity index (χ1v) is 6.75. The molecule has 2 heterocycles. The predicted molar refractivity (Wildman–Crippen MR) is 74.0 cm³/mol. The summed E-state index contributed by atoms with van der Waals surface area (Å²) in [7, 11) is 0. The summed E-state index contributed by atoms with van der Waals surface area (Å²) in [6.45, 7) is 4.94. The van der Waals surface area contributed by atoms with E-state index in [9.17, 15) is 4.79 Å². The van der Waals surface area contributed by atoms with Crippen LogP contribution in [0.15, 0.2) is 29.5 Å². The Labute approximate surface area is 112 Å². The number of anilines is 1. The van der Waals surface area contributed by atoms with Gasteiger partial charge in [-0.15, -0.1) is 0 Å². The first kappa shape index (κ1) is 11.8. The molecule has 1 atom stereocenters. The maximum Gasteiger partial charge on any atom is 0.162 e. The van der Waals surface area contributed by atoms with E-state index in [1.54, 1.807) is 0 Å². The minimum Gasteiger partial charge on any atom is -0.344 e. The summed E-state index contributed by atoms with van der Waals surface area (Å²) in [6.07, 6.45) is 1.58. The molecule has 0 bridgehead atoms. The lowest BCUT2D eigenvalue weighted by atomic mass is 9.85. The number of hydrogen-bond acceptors (Lipinski definition) is 2. The highest BCUT2D eigenvalue weighted by Crippen LogP contribution is 2.40. The molecule has 0 N–H and O–H groups in total. The summed E-state index contributed by atoms with van der Waals surface area (Å²) in [5.41, 5.74) is 4.66. The molecule has 0 spiro atoms. The summed E-state index contributed by atoms with van der Waals surface area (Å²) in [4.78, 5) is 14.2. The number of halogens is 1. The number of nitrogens with zero attached hydrogens (tertiary/aromatic N) is 1. The third kappa shape index (κ3) is 1.67. The number of fused-ring (bicyclic) bond motifs is 3. The minimum atomic E-state index is 0.297. The molecular weight excluding hydrogens is 246 g/mol. The third-order valence-corrected chi connectivity index (χ3v) is 4.22. The lowest BCUT2D eigenvalue weighted by molar-refractivity contribution is -0.115. The molecule has 1 aromatic carbocycles. The van der Waals surface area contributed by atoms with Gasteiger partial charge in [-0.1, -0.05) is 18.5 Å². The molecule has 1 aromatic rings. The zero-order valence-electron chi connectivity index (χ0n) is 10.7. The Bertz CT molecular complexity index is 562. The van der Waals surface area contributed by atoms with Crippen molar-refractivity contribution in [3.05, 3.63) is 40.1 Å². The topological polar surface area (TPSA) is 20.3 Å². The van der Waals surface area contributed by atoms with Crippen molar-refractivity contribution in [1.82, 2.24) is 0 Å². The number of rotatable bonds is 0. The smallest absolute Gasteiger partial charge is 0.162 e. The van der Waals surface area contributed by atoms with Gasteiger partial charge in [-0.3, -0.25) is 4.79 Å². The number of ketones is 1. The number of carbonyl (C=O) groups excluding carboxylic acids is 1. The molecule has 0 radical (unpaired) electrons. The van der Waals surface area contributed by atoms with Gasteiger partial charge in [0.25, 0.3) is 0 Å². The molecule has 2 nitrogen and oxygen atoms in total. The Balaban J connectivity index is 2.17. The third-order valence-electron chi connectivity index (χ3n) is 3.98. The van der Waals surface area contributed by atoms with Crippen molar-refractivity contribution in [2.75, 3.05) is 11.4 Å². The van der Waals surface area contributed by atoms with Gasteiger partial charge in [-0.2, -0.15) is 0 Å². The molecule has 0 unspecified atom stereocenters. The van der Waals surface area contributed by atoms with E-state index in [0.29, 0.717) is 18.1 Å². The summed E-state index contributed by atoms with van der Waals surface area (Å²) in [5, 5.41) is 0.790. The number of benzene rings is 1. The molecule has 0 saturated carbocycles. The van der Waals surface area contributed by atoms with Gasteiger partial charge in [0.2, 0.25) is 0 Å². The van der Waals surface area contributed by atoms with Crippen molar-refractivity contribution in [3.8, 4) is 0 Å². The Morgan fingerprint density at radius 2 is 2.17 bits per heavy atom. The molecule has 18 heavy (non-hydrogen) atoms. The highest BCUT2D eigenvalue weighted by Gasteiger charge is 2.32. The van der Waals surface area contributed by atoms with Crippen LogP contribution in [0, 0.1) is 5.92 Å². The summed E-state index contributed by atoms with van der Waals surface area (Å²) < 4.78 is 0. The number of Topliss-reactive ketones (excluding diaryl/α,β-unsaturated/α-hetero) is 1. The van der Waals surface area contributed by atoms with Gasteiger partial charge in [0.15, 0.2) is 5.78 Å². The van der Waals surface area contributed by atoms with Crippen LogP contribution in [0.5, 0.6) is 0 Å². The van der Waals surface area contributed by atoms with Crippen molar-refractivity contribution in [1.29, 1.82) is 0 Å². The van der Waals surface area contributed by atoms with Crippen LogP contribution >= 0.6 is 11.6 Å². The van der Waals surface area contributed by atoms with E-state index in [1.165, 1.54) is 16.9 Å². The molecule has 0 saturated heterocycles. The van der Waals surface area contributed by atoms with Crippen molar-refractivity contribution < 1.29 is 4.79 Å². The van der Waals surface area contributed by atoms with E-state index in [4.69, 9.17) is 11.6 Å². The molecule has 0 aromatic heterocycles. The number of carbonyl (C=O) groups is 1. The van der Waals surface area contributed by atoms with Gasteiger partial charge in [0.1, 0.15) is 0 Å².